The summed E-state index contributed by atoms with van der Waals surface area (Å²) in [4.78, 5) is 11.9. The van der Waals surface area contributed by atoms with Crippen LogP contribution in [0.3, 0.4) is 0 Å². The molecule has 2 unspecified atom stereocenters. The third-order valence-electron chi connectivity index (χ3n) is 2.89. The zero-order chi connectivity index (χ0) is 13.0. The number of benzene rings is 1. The van der Waals surface area contributed by atoms with Crippen LogP contribution in [0, 0.1) is 5.92 Å². The maximum atomic E-state index is 11.9. The quantitative estimate of drug-likeness (QED) is 0.798. The van der Waals surface area contributed by atoms with E-state index >= 15 is 0 Å². The largest absolute Gasteiger partial charge is 0.494 e. The fourth-order valence-electron chi connectivity index (χ4n) is 1.96. The molecule has 4 heteroatoms. The Morgan fingerprint density at radius 2 is 2.11 bits per heavy atom. The molecular formula is C14H18N2O2. The average Bonchev–Trinajstić information content (AvgIpc) is 2.79. The first-order valence-electron chi connectivity index (χ1n) is 6.16. The van der Waals surface area contributed by atoms with E-state index in [1.54, 1.807) is 0 Å². The van der Waals surface area contributed by atoms with Crippen LogP contribution in [-0.2, 0) is 4.79 Å². The summed E-state index contributed by atoms with van der Waals surface area (Å²) >= 11 is 0. The van der Waals surface area contributed by atoms with Crippen molar-refractivity contribution >= 4 is 11.6 Å². The lowest BCUT2D eigenvalue weighted by atomic mass is 10.1. The third-order valence-corrected chi connectivity index (χ3v) is 2.89. The van der Waals surface area contributed by atoms with E-state index in [-0.39, 0.29) is 17.9 Å². The van der Waals surface area contributed by atoms with Crippen molar-refractivity contribution in [3.63, 3.8) is 0 Å². The van der Waals surface area contributed by atoms with E-state index in [1.165, 1.54) is 0 Å². The molecule has 2 rings (SSSR count). The Kier molecular flexibility index (Phi) is 3.99. The Balaban J connectivity index is 1.93. The van der Waals surface area contributed by atoms with E-state index in [0.717, 1.165) is 11.4 Å². The lowest BCUT2D eigenvalue weighted by Gasteiger charge is -2.11. The number of hydrogen-bond acceptors (Lipinski definition) is 3. The summed E-state index contributed by atoms with van der Waals surface area (Å²) in [5.74, 6) is 0.674. The van der Waals surface area contributed by atoms with Gasteiger partial charge in [0.2, 0.25) is 5.91 Å². The molecule has 0 radical (unpaired) electrons. The first kappa shape index (κ1) is 12.6. The molecular weight excluding hydrogens is 228 g/mol. The predicted molar refractivity (Wildman–Crippen MR) is 71.5 cm³/mol. The monoisotopic (exact) mass is 246 g/mol. The summed E-state index contributed by atoms with van der Waals surface area (Å²) in [6.45, 7) is 2.57. The Labute approximate surface area is 107 Å². The van der Waals surface area contributed by atoms with Crippen LogP contribution in [0.15, 0.2) is 36.4 Å². The number of hydrogen-bond donors (Lipinski definition) is 2. The molecule has 96 valence electrons. The molecule has 1 aromatic rings. The summed E-state index contributed by atoms with van der Waals surface area (Å²) in [5.41, 5.74) is 6.50. The second-order valence-electron chi connectivity index (χ2n) is 4.34. The first-order valence-corrected chi connectivity index (χ1v) is 6.16. The second-order valence-corrected chi connectivity index (χ2v) is 4.34. The zero-order valence-electron chi connectivity index (χ0n) is 10.4. The van der Waals surface area contributed by atoms with Gasteiger partial charge in [0.25, 0.3) is 0 Å². The van der Waals surface area contributed by atoms with Crippen LogP contribution in [-0.4, -0.2) is 18.6 Å². The van der Waals surface area contributed by atoms with Gasteiger partial charge in [-0.3, -0.25) is 4.79 Å². The number of amides is 1. The molecule has 2 atom stereocenters. The van der Waals surface area contributed by atoms with Gasteiger partial charge in [-0.2, -0.15) is 0 Å². The van der Waals surface area contributed by atoms with Gasteiger partial charge in [-0.1, -0.05) is 12.2 Å². The molecule has 1 aliphatic rings. The number of rotatable bonds is 4. The molecule has 0 aromatic heterocycles. The minimum Gasteiger partial charge on any atom is -0.494 e. The van der Waals surface area contributed by atoms with Crippen LogP contribution >= 0.6 is 0 Å². The fourth-order valence-corrected chi connectivity index (χ4v) is 1.96. The summed E-state index contributed by atoms with van der Waals surface area (Å²) in [5, 5.41) is 2.87. The summed E-state index contributed by atoms with van der Waals surface area (Å²) in [7, 11) is 0. The van der Waals surface area contributed by atoms with Crippen LogP contribution in [0.4, 0.5) is 5.69 Å². The Bertz CT molecular complexity index is 440. The van der Waals surface area contributed by atoms with Gasteiger partial charge in [-0.05, 0) is 37.6 Å². The average molecular weight is 246 g/mol. The Morgan fingerprint density at radius 1 is 1.39 bits per heavy atom. The molecule has 3 N–H and O–H groups in total. The molecule has 0 aliphatic heterocycles. The number of anilines is 1. The zero-order valence-corrected chi connectivity index (χ0v) is 10.4. The van der Waals surface area contributed by atoms with Gasteiger partial charge < -0.3 is 15.8 Å². The molecule has 0 heterocycles. The van der Waals surface area contributed by atoms with Gasteiger partial charge in [-0.15, -0.1) is 0 Å². The van der Waals surface area contributed by atoms with E-state index in [9.17, 15) is 4.79 Å². The molecule has 1 amide bonds. The van der Waals surface area contributed by atoms with Crippen molar-refractivity contribution in [2.24, 2.45) is 11.7 Å². The first-order chi connectivity index (χ1) is 8.69. The molecule has 18 heavy (non-hydrogen) atoms. The minimum absolute atomic E-state index is 0.00100. The van der Waals surface area contributed by atoms with Crippen LogP contribution in [0.1, 0.15) is 13.3 Å². The third kappa shape index (κ3) is 3.11. The van der Waals surface area contributed by atoms with Crippen LogP contribution < -0.4 is 15.8 Å². The number of carbonyl (C=O) groups is 1. The van der Waals surface area contributed by atoms with Crippen molar-refractivity contribution < 1.29 is 9.53 Å². The highest BCUT2D eigenvalue weighted by molar-refractivity contribution is 5.94. The smallest absolute Gasteiger partial charge is 0.231 e. The Hall–Kier alpha value is -1.81. The molecule has 4 nitrogen and oxygen atoms in total. The van der Waals surface area contributed by atoms with E-state index in [4.69, 9.17) is 10.5 Å². The van der Waals surface area contributed by atoms with Gasteiger partial charge in [0, 0.05) is 11.7 Å². The maximum absolute atomic E-state index is 11.9. The second kappa shape index (κ2) is 5.69. The van der Waals surface area contributed by atoms with E-state index in [2.05, 4.69) is 5.32 Å². The normalized spacial score (nSPS) is 21.9. The fraction of sp³-hybridized carbons (Fsp3) is 0.357. The SMILES string of the molecule is CCOc1ccc(NC(=O)C2C=CC(N)C2)cc1. The van der Waals surface area contributed by atoms with Crippen molar-refractivity contribution in [1.29, 1.82) is 0 Å². The highest BCUT2D eigenvalue weighted by Crippen LogP contribution is 2.20. The molecule has 0 saturated heterocycles. The van der Waals surface area contributed by atoms with Crippen molar-refractivity contribution in [2.75, 3.05) is 11.9 Å². The number of carbonyl (C=O) groups excluding carboxylic acids is 1. The van der Waals surface area contributed by atoms with Crippen molar-refractivity contribution in [2.45, 2.75) is 19.4 Å². The summed E-state index contributed by atoms with van der Waals surface area (Å²) in [6, 6.07) is 7.36. The lowest BCUT2D eigenvalue weighted by molar-refractivity contribution is -0.118. The Morgan fingerprint density at radius 3 is 2.67 bits per heavy atom. The van der Waals surface area contributed by atoms with Gasteiger partial charge in [-0.25, -0.2) is 0 Å². The highest BCUT2D eigenvalue weighted by atomic mass is 16.5. The molecule has 0 bridgehead atoms. The number of nitrogens with one attached hydrogen (secondary N) is 1. The van der Waals surface area contributed by atoms with Gasteiger partial charge in [0.05, 0.1) is 12.5 Å². The number of ether oxygens (including phenoxy) is 1. The summed E-state index contributed by atoms with van der Waals surface area (Å²) < 4.78 is 5.34. The van der Waals surface area contributed by atoms with Gasteiger partial charge >= 0.3 is 0 Å². The molecule has 1 aromatic carbocycles. The van der Waals surface area contributed by atoms with Crippen molar-refractivity contribution in [3.8, 4) is 5.75 Å². The minimum atomic E-state index is -0.119. The molecule has 0 spiro atoms. The summed E-state index contributed by atoms with van der Waals surface area (Å²) in [6.07, 6.45) is 4.43. The molecule has 0 saturated carbocycles. The number of nitrogens with two attached hydrogens (primary N) is 1. The van der Waals surface area contributed by atoms with Crippen LogP contribution in [0.25, 0.3) is 0 Å². The van der Waals surface area contributed by atoms with Crippen molar-refractivity contribution in [3.05, 3.63) is 36.4 Å². The van der Waals surface area contributed by atoms with E-state index in [0.29, 0.717) is 13.0 Å². The molecule has 0 fully saturated rings. The van der Waals surface area contributed by atoms with Crippen LogP contribution in [0.5, 0.6) is 5.75 Å². The van der Waals surface area contributed by atoms with E-state index < -0.39 is 0 Å². The maximum Gasteiger partial charge on any atom is 0.231 e. The lowest BCUT2D eigenvalue weighted by Crippen LogP contribution is -2.23. The van der Waals surface area contributed by atoms with E-state index in [1.807, 2.05) is 43.3 Å². The van der Waals surface area contributed by atoms with Gasteiger partial charge in [0.15, 0.2) is 0 Å². The van der Waals surface area contributed by atoms with Crippen LogP contribution in [0.2, 0.25) is 0 Å². The van der Waals surface area contributed by atoms with Gasteiger partial charge in [0.1, 0.15) is 5.75 Å². The van der Waals surface area contributed by atoms with Crippen molar-refractivity contribution in [1.82, 2.24) is 0 Å². The standard InChI is InChI=1S/C14H18N2O2/c1-2-18-13-7-5-12(6-8-13)16-14(17)10-3-4-11(15)9-10/h3-8,10-11H,2,9,15H2,1H3,(H,16,17). The molecule has 1 aliphatic carbocycles. The topological polar surface area (TPSA) is 64.3 Å². The highest BCUT2D eigenvalue weighted by Gasteiger charge is 2.22. The predicted octanol–water partition coefficient (Wildman–Crippen LogP) is 1.93.